The number of thiazole rings is 1. The Labute approximate surface area is 148 Å². The van der Waals surface area contributed by atoms with Gasteiger partial charge >= 0.3 is 0 Å². The van der Waals surface area contributed by atoms with Crippen molar-refractivity contribution in [2.45, 2.75) is 20.0 Å². The van der Waals surface area contributed by atoms with Crippen molar-refractivity contribution in [3.63, 3.8) is 0 Å². The zero-order valence-electron chi connectivity index (χ0n) is 13.5. The van der Waals surface area contributed by atoms with E-state index < -0.39 is 5.82 Å². The third-order valence-corrected chi connectivity index (χ3v) is 4.21. The number of aryl methyl sites for hydroxylation is 1. The number of nitrogens with one attached hydrogen (secondary N) is 1. The van der Waals surface area contributed by atoms with E-state index in [1.54, 1.807) is 23.7 Å². The lowest BCUT2D eigenvalue weighted by molar-refractivity contribution is -0.115. The molecule has 3 rings (SSSR count). The first-order chi connectivity index (χ1) is 12.1. The quantitative estimate of drug-likeness (QED) is 0.730. The van der Waals surface area contributed by atoms with Crippen molar-refractivity contribution >= 4 is 22.9 Å². The number of ether oxygens (including phenoxy) is 1. The van der Waals surface area contributed by atoms with Gasteiger partial charge in [0, 0.05) is 11.1 Å². The number of hydrogen-bond acceptors (Lipinski definition) is 5. The Morgan fingerprint density at radius 1 is 1.28 bits per heavy atom. The van der Waals surface area contributed by atoms with E-state index in [1.807, 2.05) is 19.1 Å². The fourth-order valence-electron chi connectivity index (χ4n) is 2.10. The SMILES string of the molecule is Cc1ccc(OCc2nc(CC(=O)Nc3ccccc3F)cs2)cn1. The Kier molecular flexibility index (Phi) is 5.35. The number of carbonyl (C=O) groups excluding carboxylic acids is 1. The summed E-state index contributed by atoms with van der Waals surface area (Å²) in [4.78, 5) is 20.5. The molecule has 0 aliphatic carbocycles. The first-order valence-electron chi connectivity index (χ1n) is 7.63. The summed E-state index contributed by atoms with van der Waals surface area (Å²) in [6, 6.07) is 9.77. The molecule has 0 unspecified atom stereocenters. The summed E-state index contributed by atoms with van der Waals surface area (Å²) in [6.45, 7) is 2.22. The van der Waals surface area contributed by atoms with Gasteiger partial charge in [-0.3, -0.25) is 9.78 Å². The van der Waals surface area contributed by atoms with Crippen molar-refractivity contribution in [1.29, 1.82) is 0 Å². The Morgan fingerprint density at radius 3 is 2.88 bits per heavy atom. The van der Waals surface area contributed by atoms with Crippen LogP contribution in [0.5, 0.6) is 5.75 Å². The van der Waals surface area contributed by atoms with Crippen LogP contribution in [0.3, 0.4) is 0 Å². The van der Waals surface area contributed by atoms with Crippen molar-refractivity contribution in [2.24, 2.45) is 0 Å². The van der Waals surface area contributed by atoms with Gasteiger partial charge in [-0.1, -0.05) is 12.1 Å². The molecule has 0 atom stereocenters. The van der Waals surface area contributed by atoms with Crippen LogP contribution in [0.1, 0.15) is 16.4 Å². The van der Waals surface area contributed by atoms with Gasteiger partial charge < -0.3 is 10.1 Å². The lowest BCUT2D eigenvalue weighted by Gasteiger charge is -2.05. The monoisotopic (exact) mass is 357 g/mol. The maximum atomic E-state index is 13.5. The maximum Gasteiger partial charge on any atom is 0.230 e. The van der Waals surface area contributed by atoms with Crippen molar-refractivity contribution in [3.05, 3.63) is 70.2 Å². The first kappa shape index (κ1) is 17.0. The molecule has 0 bridgehead atoms. The number of anilines is 1. The minimum absolute atomic E-state index is 0.0803. The molecule has 1 aromatic carbocycles. The highest BCUT2D eigenvalue weighted by atomic mass is 32.1. The predicted molar refractivity (Wildman–Crippen MR) is 94.2 cm³/mol. The number of carbonyl (C=O) groups is 1. The zero-order valence-corrected chi connectivity index (χ0v) is 14.3. The number of nitrogens with zero attached hydrogens (tertiary/aromatic N) is 2. The van der Waals surface area contributed by atoms with Gasteiger partial charge in [-0.05, 0) is 31.2 Å². The Morgan fingerprint density at radius 2 is 2.12 bits per heavy atom. The molecule has 128 valence electrons. The molecule has 0 saturated heterocycles. The summed E-state index contributed by atoms with van der Waals surface area (Å²) in [5.41, 5.74) is 1.71. The Balaban J connectivity index is 1.53. The van der Waals surface area contributed by atoms with E-state index in [0.29, 0.717) is 18.1 Å². The highest BCUT2D eigenvalue weighted by Crippen LogP contribution is 2.16. The molecule has 5 nitrogen and oxygen atoms in total. The molecule has 1 N–H and O–H groups in total. The molecule has 7 heteroatoms. The van der Waals surface area contributed by atoms with Gasteiger partial charge in [0.25, 0.3) is 0 Å². The van der Waals surface area contributed by atoms with E-state index in [9.17, 15) is 9.18 Å². The van der Waals surface area contributed by atoms with Crippen LogP contribution in [0.4, 0.5) is 10.1 Å². The summed E-state index contributed by atoms with van der Waals surface area (Å²) in [5, 5.41) is 5.10. The Hall–Kier alpha value is -2.80. The van der Waals surface area contributed by atoms with Crippen molar-refractivity contribution in [3.8, 4) is 5.75 Å². The molecule has 0 aliphatic heterocycles. The van der Waals surface area contributed by atoms with Gasteiger partial charge in [0.05, 0.1) is 24.0 Å². The number of hydrogen-bond donors (Lipinski definition) is 1. The number of amides is 1. The van der Waals surface area contributed by atoms with Gasteiger partial charge in [0.1, 0.15) is 23.2 Å². The molecule has 0 spiro atoms. The molecule has 0 fully saturated rings. The van der Waals surface area contributed by atoms with Crippen LogP contribution in [0, 0.1) is 12.7 Å². The number of pyridine rings is 1. The number of para-hydroxylation sites is 1. The second-order valence-electron chi connectivity index (χ2n) is 5.36. The van der Waals surface area contributed by atoms with Gasteiger partial charge in [-0.25, -0.2) is 9.37 Å². The molecule has 1 amide bonds. The van der Waals surface area contributed by atoms with Gasteiger partial charge in [-0.2, -0.15) is 0 Å². The summed E-state index contributed by atoms with van der Waals surface area (Å²) < 4.78 is 19.1. The number of benzene rings is 1. The van der Waals surface area contributed by atoms with E-state index in [2.05, 4.69) is 15.3 Å². The summed E-state index contributed by atoms with van der Waals surface area (Å²) >= 11 is 1.41. The highest BCUT2D eigenvalue weighted by Gasteiger charge is 2.10. The molecule has 0 radical (unpaired) electrons. The van der Waals surface area contributed by atoms with Crippen LogP contribution >= 0.6 is 11.3 Å². The largest absolute Gasteiger partial charge is 0.485 e. The summed E-state index contributed by atoms with van der Waals surface area (Å²) in [6.07, 6.45) is 1.74. The normalized spacial score (nSPS) is 10.5. The smallest absolute Gasteiger partial charge is 0.230 e. The van der Waals surface area contributed by atoms with Crippen LogP contribution in [0.2, 0.25) is 0 Å². The predicted octanol–water partition coefficient (Wildman–Crippen LogP) is 3.75. The second kappa shape index (κ2) is 7.85. The lowest BCUT2D eigenvalue weighted by atomic mass is 10.2. The molecule has 0 aliphatic rings. The first-order valence-corrected chi connectivity index (χ1v) is 8.51. The molecule has 0 saturated carbocycles. The fourth-order valence-corrected chi connectivity index (χ4v) is 2.81. The third-order valence-electron chi connectivity index (χ3n) is 3.34. The summed E-state index contributed by atoms with van der Waals surface area (Å²) in [5.74, 6) is -0.111. The van der Waals surface area contributed by atoms with Crippen molar-refractivity contribution in [1.82, 2.24) is 9.97 Å². The molecule has 3 aromatic rings. The van der Waals surface area contributed by atoms with Crippen LogP contribution in [0.15, 0.2) is 48.0 Å². The van der Waals surface area contributed by atoms with Crippen molar-refractivity contribution in [2.75, 3.05) is 5.32 Å². The van der Waals surface area contributed by atoms with Crippen LogP contribution in [-0.2, 0) is 17.8 Å². The van der Waals surface area contributed by atoms with Crippen LogP contribution < -0.4 is 10.1 Å². The van der Waals surface area contributed by atoms with Gasteiger partial charge in [0.15, 0.2) is 0 Å². The topological polar surface area (TPSA) is 64.1 Å². The number of halogens is 1. The third kappa shape index (κ3) is 4.84. The zero-order chi connectivity index (χ0) is 17.6. The molecule has 2 aromatic heterocycles. The highest BCUT2D eigenvalue weighted by molar-refractivity contribution is 7.09. The molecule has 2 heterocycles. The standard InChI is InChI=1S/C18H16FN3O2S/c1-12-6-7-14(9-20-12)24-10-18-21-13(11-25-18)8-17(23)22-16-5-3-2-4-15(16)19/h2-7,9,11H,8,10H2,1H3,(H,22,23). The van der Waals surface area contributed by atoms with E-state index in [4.69, 9.17) is 4.74 Å². The van der Waals surface area contributed by atoms with E-state index in [1.165, 1.54) is 23.5 Å². The number of rotatable bonds is 6. The molecular formula is C18H16FN3O2S. The second-order valence-corrected chi connectivity index (χ2v) is 6.30. The van der Waals surface area contributed by atoms with Crippen molar-refractivity contribution < 1.29 is 13.9 Å². The van der Waals surface area contributed by atoms with E-state index in [0.717, 1.165) is 10.7 Å². The summed E-state index contributed by atoms with van der Waals surface area (Å²) in [7, 11) is 0. The maximum absolute atomic E-state index is 13.5. The van der Waals surface area contributed by atoms with E-state index in [-0.39, 0.29) is 18.0 Å². The lowest BCUT2D eigenvalue weighted by Crippen LogP contribution is -2.15. The minimum Gasteiger partial charge on any atom is -0.485 e. The molecular weight excluding hydrogens is 341 g/mol. The van der Waals surface area contributed by atoms with Crippen LogP contribution in [0.25, 0.3) is 0 Å². The van der Waals surface area contributed by atoms with Gasteiger partial charge in [0.2, 0.25) is 5.91 Å². The van der Waals surface area contributed by atoms with E-state index >= 15 is 0 Å². The van der Waals surface area contributed by atoms with Gasteiger partial charge in [-0.15, -0.1) is 11.3 Å². The molecule has 25 heavy (non-hydrogen) atoms. The Bertz CT molecular complexity index is 865. The number of aromatic nitrogens is 2. The minimum atomic E-state index is -0.463. The fraction of sp³-hybridized carbons (Fsp3) is 0.167. The van der Waals surface area contributed by atoms with Crippen LogP contribution in [-0.4, -0.2) is 15.9 Å². The average molecular weight is 357 g/mol. The average Bonchev–Trinajstić information content (AvgIpc) is 3.04.